The summed E-state index contributed by atoms with van der Waals surface area (Å²) in [4.78, 5) is 7.71. The lowest BCUT2D eigenvalue weighted by Gasteiger charge is -2.15. The molecule has 0 fully saturated rings. The summed E-state index contributed by atoms with van der Waals surface area (Å²) >= 11 is 5.51. The molecule has 5 N–H and O–H groups in total. The van der Waals surface area contributed by atoms with Crippen LogP contribution in [0.3, 0.4) is 0 Å². The van der Waals surface area contributed by atoms with Gasteiger partial charge < -0.3 is 15.9 Å². The number of halogens is 1. The number of nitrogen functional groups attached to an aromatic ring is 1. The molecule has 0 aliphatic rings. The highest BCUT2D eigenvalue weighted by molar-refractivity contribution is 6.17. The van der Waals surface area contributed by atoms with Crippen LogP contribution in [-0.4, -0.2) is 42.4 Å². The number of fused-ring (bicyclic) bond motifs is 1. The molecular weight excluding hydrogens is 246 g/mol. The van der Waals surface area contributed by atoms with E-state index >= 15 is 0 Å². The minimum Gasteiger partial charge on any atom is -0.390 e. The summed E-state index contributed by atoms with van der Waals surface area (Å²) in [5.74, 6) is 0.451. The number of rotatable bonds is 4. The summed E-state index contributed by atoms with van der Waals surface area (Å²) in [7, 11) is 0. The van der Waals surface area contributed by atoms with E-state index in [-0.39, 0.29) is 18.1 Å². The lowest BCUT2D eigenvalue weighted by molar-refractivity contribution is 0.0152. The number of nitrogens with one attached hydrogen (secondary N) is 1. The van der Waals surface area contributed by atoms with Crippen molar-refractivity contribution < 1.29 is 10.2 Å². The number of aromatic nitrogens is 4. The largest absolute Gasteiger partial charge is 0.390 e. The molecule has 2 heterocycles. The zero-order valence-electron chi connectivity index (χ0n) is 8.84. The Morgan fingerprint density at radius 2 is 2.18 bits per heavy atom. The van der Waals surface area contributed by atoms with Gasteiger partial charge in [-0.25, -0.2) is 9.97 Å². The summed E-state index contributed by atoms with van der Waals surface area (Å²) in [5.41, 5.74) is 6.34. The summed E-state index contributed by atoms with van der Waals surface area (Å²) in [6.45, 7) is 0. The van der Waals surface area contributed by atoms with Crippen LogP contribution in [0.25, 0.3) is 11.0 Å². The third kappa shape index (κ3) is 2.17. The van der Waals surface area contributed by atoms with Gasteiger partial charge in [-0.3, -0.25) is 5.10 Å². The minimum absolute atomic E-state index is 0.205. The van der Waals surface area contributed by atoms with Crippen LogP contribution in [0.5, 0.6) is 0 Å². The molecule has 17 heavy (non-hydrogen) atoms. The van der Waals surface area contributed by atoms with Crippen LogP contribution >= 0.6 is 11.6 Å². The highest BCUT2D eigenvalue weighted by atomic mass is 35.5. The normalized spacial score (nSPS) is 15.0. The Bertz CT molecular complexity index is 517. The van der Waals surface area contributed by atoms with Crippen LogP contribution in [-0.2, 0) is 0 Å². The maximum absolute atomic E-state index is 9.94. The van der Waals surface area contributed by atoms with Crippen LogP contribution in [0, 0.1) is 0 Å². The molecule has 0 aliphatic heterocycles. The molecule has 0 radical (unpaired) electrons. The third-order valence-corrected chi connectivity index (χ3v) is 2.69. The Labute approximate surface area is 102 Å². The van der Waals surface area contributed by atoms with Gasteiger partial charge in [0.1, 0.15) is 18.2 Å². The van der Waals surface area contributed by atoms with Gasteiger partial charge in [0.15, 0.2) is 5.65 Å². The minimum atomic E-state index is -1.15. The number of nitrogens with two attached hydrogens (primary N) is 1. The molecular formula is C9H12ClN5O2. The number of aliphatic hydroxyl groups is 2. The fourth-order valence-corrected chi connectivity index (χ4v) is 1.80. The number of aliphatic hydroxyl groups excluding tert-OH is 2. The van der Waals surface area contributed by atoms with Crippen LogP contribution in [0.15, 0.2) is 6.33 Å². The quantitative estimate of drug-likeness (QED) is 0.570. The van der Waals surface area contributed by atoms with Crippen molar-refractivity contribution in [1.29, 1.82) is 0 Å². The first-order valence-corrected chi connectivity index (χ1v) is 5.55. The molecule has 2 aromatic rings. The third-order valence-electron chi connectivity index (χ3n) is 2.47. The van der Waals surface area contributed by atoms with Crippen molar-refractivity contribution in [2.75, 3.05) is 11.6 Å². The number of anilines is 1. The molecule has 0 spiro atoms. The second-order valence-electron chi connectivity index (χ2n) is 3.58. The van der Waals surface area contributed by atoms with Crippen LogP contribution < -0.4 is 5.73 Å². The van der Waals surface area contributed by atoms with Crippen molar-refractivity contribution in [1.82, 2.24) is 20.2 Å². The maximum atomic E-state index is 9.94. The van der Waals surface area contributed by atoms with E-state index in [1.807, 2.05) is 0 Å². The van der Waals surface area contributed by atoms with E-state index in [0.29, 0.717) is 16.7 Å². The van der Waals surface area contributed by atoms with E-state index in [1.54, 1.807) is 0 Å². The highest BCUT2D eigenvalue weighted by Gasteiger charge is 2.23. The highest BCUT2D eigenvalue weighted by Crippen LogP contribution is 2.27. The van der Waals surface area contributed by atoms with Gasteiger partial charge in [-0.2, -0.15) is 5.10 Å². The van der Waals surface area contributed by atoms with E-state index in [1.165, 1.54) is 6.33 Å². The van der Waals surface area contributed by atoms with Crippen molar-refractivity contribution in [2.24, 2.45) is 0 Å². The number of alkyl halides is 1. The summed E-state index contributed by atoms with van der Waals surface area (Å²) in [5, 5.41) is 26.5. The molecule has 2 aromatic heterocycles. The van der Waals surface area contributed by atoms with Crippen molar-refractivity contribution in [2.45, 2.75) is 18.6 Å². The molecule has 2 unspecified atom stereocenters. The van der Waals surface area contributed by atoms with Gasteiger partial charge in [-0.1, -0.05) is 0 Å². The van der Waals surface area contributed by atoms with E-state index in [0.717, 1.165) is 0 Å². The summed E-state index contributed by atoms with van der Waals surface area (Å²) in [6, 6.07) is 0. The molecule has 2 rings (SSSR count). The second kappa shape index (κ2) is 4.82. The summed E-state index contributed by atoms with van der Waals surface area (Å²) in [6.07, 6.45) is -0.594. The smallest absolute Gasteiger partial charge is 0.186 e. The number of H-pyrrole nitrogens is 1. The topological polar surface area (TPSA) is 121 Å². The Morgan fingerprint density at radius 3 is 2.88 bits per heavy atom. The Hall–Kier alpha value is -1.44. The first kappa shape index (κ1) is 12.0. The molecule has 0 aliphatic carbocycles. The molecule has 0 saturated carbocycles. The van der Waals surface area contributed by atoms with Gasteiger partial charge in [0.2, 0.25) is 0 Å². The van der Waals surface area contributed by atoms with Gasteiger partial charge in [0, 0.05) is 5.88 Å². The van der Waals surface area contributed by atoms with E-state index in [9.17, 15) is 10.2 Å². The van der Waals surface area contributed by atoms with Gasteiger partial charge >= 0.3 is 0 Å². The molecule has 0 aromatic carbocycles. The average Bonchev–Trinajstić information content (AvgIpc) is 2.73. The predicted octanol–water partition coefficient (Wildman–Crippen LogP) is -0.0417. The van der Waals surface area contributed by atoms with Crippen molar-refractivity contribution in [3.8, 4) is 0 Å². The molecule has 7 nitrogen and oxygen atoms in total. The van der Waals surface area contributed by atoms with Gasteiger partial charge in [0.05, 0.1) is 17.2 Å². The Morgan fingerprint density at radius 1 is 1.41 bits per heavy atom. The lowest BCUT2D eigenvalue weighted by Crippen LogP contribution is -2.19. The van der Waals surface area contributed by atoms with Gasteiger partial charge in [-0.15, -0.1) is 11.6 Å². The number of hydrogen-bond acceptors (Lipinski definition) is 6. The van der Waals surface area contributed by atoms with Gasteiger partial charge in [0.25, 0.3) is 0 Å². The molecule has 8 heteroatoms. The Balaban J connectivity index is 2.42. The SMILES string of the molecule is Nc1ncnc2n[nH]c(C(O)C(O)CCCl)c12. The lowest BCUT2D eigenvalue weighted by atomic mass is 10.1. The first-order valence-electron chi connectivity index (χ1n) is 5.01. The average molecular weight is 258 g/mol. The van der Waals surface area contributed by atoms with Crippen LogP contribution in [0.4, 0.5) is 5.82 Å². The molecule has 0 bridgehead atoms. The second-order valence-corrected chi connectivity index (χ2v) is 3.96. The summed E-state index contributed by atoms with van der Waals surface area (Å²) < 4.78 is 0. The van der Waals surface area contributed by atoms with E-state index in [2.05, 4.69) is 20.2 Å². The molecule has 92 valence electrons. The molecule has 0 amide bonds. The Kier molecular flexibility index (Phi) is 3.41. The van der Waals surface area contributed by atoms with E-state index in [4.69, 9.17) is 17.3 Å². The number of aromatic amines is 1. The number of hydrogen-bond donors (Lipinski definition) is 4. The van der Waals surface area contributed by atoms with Gasteiger partial charge in [-0.05, 0) is 6.42 Å². The fraction of sp³-hybridized carbons (Fsp3) is 0.444. The molecule has 0 saturated heterocycles. The fourth-order valence-electron chi connectivity index (χ4n) is 1.58. The maximum Gasteiger partial charge on any atom is 0.186 e. The van der Waals surface area contributed by atoms with Crippen molar-refractivity contribution in [3.63, 3.8) is 0 Å². The number of nitrogens with zero attached hydrogens (tertiary/aromatic N) is 3. The molecule has 2 atom stereocenters. The monoisotopic (exact) mass is 257 g/mol. The standard InChI is InChI=1S/C9H12ClN5O2/c10-2-1-4(16)7(17)6-5-8(11)12-3-13-9(5)15-14-6/h3-4,7,16-17H,1-2H2,(H3,11,12,13,14,15). The zero-order valence-corrected chi connectivity index (χ0v) is 9.59. The first-order chi connectivity index (χ1) is 8.15. The van der Waals surface area contributed by atoms with Crippen LogP contribution in [0.2, 0.25) is 0 Å². The van der Waals surface area contributed by atoms with Crippen molar-refractivity contribution >= 4 is 28.5 Å². The zero-order chi connectivity index (χ0) is 12.4. The van der Waals surface area contributed by atoms with Crippen molar-refractivity contribution in [3.05, 3.63) is 12.0 Å². The predicted molar refractivity (Wildman–Crippen MR) is 62.4 cm³/mol. The van der Waals surface area contributed by atoms with E-state index < -0.39 is 12.2 Å². The van der Waals surface area contributed by atoms with Crippen LogP contribution in [0.1, 0.15) is 18.2 Å².